The number of aromatic nitrogens is 3. The first kappa shape index (κ1) is 17.4. The molecule has 0 saturated heterocycles. The molecule has 0 bridgehead atoms. The number of nitrogen functional groups attached to an aromatic ring is 1. The van der Waals surface area contributed by atoms with Gasteiger partial charge in [0.2, 0.25) is 5.88 Å². The Bertz CT molecular complexity index is 1340. The summed E-state index contributed by atoms with van der Waals surface area (Å²) in [6.07, 6.45) is 1.43. The normalized spacial score (nSPS) is 11.1. The van der Waals surface area contributed by atoms with Crippen LogP contribution in [0.15, 0.2) is 67.0 Å². The van der Waals surface area contributed by atoms with Crippen LogP contribution in [0.5, 0.6) is 11.6 Å². The number of anilines is 3. The van der Waals surface area contributed by atoms with Crippen molar-refractivity contribution in [2.24, 2.45) is 0 Å². The molecule has 7 heteroatoms. The van der Waals surface area contributed by atoms with E-state index in [0.717, 1.165) is 21.0 Å². The quantitative estimate of drug-likeness (QED) is 0.405. The zero-order valence-corrected chi connectivity index (χ0v) is 16.4. The predicted octanol–water partition coefficient (Wildman–Crippen LogP) is 5.67. The minimum Gasteiger partial charge on any atom is -0.436 e. The number of fused-ring (bicyclic) bond motifs is 2. The van der Waals surface area contributed by atoms with Crippen molar-refractivity contribution in [2.45, 2.75) is 6.92 Å². The SMILES string of the molecule is Cc1ccc2nc(Nc3ncnc(Oc4cccc5ccccc45)c3N)sc2c1. The van der Waals surface area contributed by atoms with Crippen molar-refractivity contribution in [2.75, 3.05) is 11.1 Å². The summed E-state index contributed by atoms with van der Waals surface area (Å²) in [6, 6.07) is 20.0. The van der Waals surface area contributed by atoms with E-state index in [9.17, 15) is 0 Å². The molecular formula is C22H17N5OS. The van der Waals surface area contributed by atoms with E-state index >= 15 is 0 Å². The molecule has 0 atom stereocenters. The van der Waals surface area contributed by atoms with Crippen LogP contribution in [0.3, 0.4) is 0 Å². The van der Waals surface area contributed by atoms with Gasteiger partial charge in [-0.25, -0.2) is 9.97 Å². The van der Waals surface area contributed by atoms with Gasteiger partial charge in [0, 0.05) is 5.39 Å². The second kappa shape index (κ2) is 7.03. The van der Waals surface area contributed by atoms with Crippen molar-refractivity contribution >= 4 is 49.0 Å². The van der Waals surface area contributed by atoms with E-state index in [2.05, 4.69) is 33.3 Å². The molecule has 0 amide bonds. The first-order valence-corrected chi connectivity index (χ1v) is 9.89. The lowest BCUT2D eigenvalue weighted by atomic mass is 10.1. The van der Waals surface area contributed by atoms with E-state index in [4.69, 9.17) is 10.5 Å². The molecule has 6 nitrogen and oxygen atoms in total. The number of hydrogen-bond donors (Lipinski definition) is 2. The number of rotatable bonds is 4. The van der Waals surface area contributed by atoms with Gasteiger partial charge in [-0.15, -0.1) is 0 Å². The highest BCUT2D eigenvalue weighted by molar-refractivity contribution is 7.22. The van der Waals surface area contributed by atoms with Crippen LogP contribution in [0.1, 0.15) is 5.56 Å². The van der Waals surface area contributed by atoms with Crippen LogP contribution in [0.4, 0.5) is 16.6 Å². The van der Waals surface area contributed by atoms with Crippen LogP contribution in [-0.2, 0) is 0 Å². The van der Waals surface area contributed by atoms with Gasteiger partial charge in [0.1, 0.15) is 17.8 Å². The molecule has 0 saturated carbocycles. The number of nitrogens with one attached hydrogen (secondary N) is 1. The second-order valence-corrected chi connectivity index (χ2v) is 7.67. The summed E-state index contributed by atoms with van der Waals surface area (Å²) in [6.45, 7) is 2.06. The number of hydrogen-bond acceptors (Lipinski definition) is 7. The second-order valence-electron chi connectivity index (χ2n) is 6.64. The Labute approximate surface area is 171 Å². The third-order valence-corrected chi connectivity index (χ3v) is 5.51. The molecule has 3 aromatic carbocycles. The van der Waals surface area contributed by atoms with Crippen LogP contribution >= 0.6 is 11.3 Å². The summed E-state index contributed by atoms with van der Waals surface area (Å²) >= 11 is 1.55. The van der Waals surface area contributed by atoms with Crippen molar-refractivity contribution in [1.82, 2.24) is 15.0 Å². The van der Waals surface area contributed by atoms with Crippen LogP contribution in [0.2, 0.25) is 0 Å². The number of ether oxygens (including phenoxy) is 1. The van der Waals surface area contributed by atoms with Crippen molar-refractivity contribution in [3.05, 3.63) is 72.6 Å². The summed E-state index contributed by atoms with van der Waals surface area (Å²) in [5.74, 6) is 1.46. The zero-order chi connectivity index (χ0) is 19.8. The molecule has 5 aromatic rings. The molecule has 2 aromatic heterocycles. The van der Waals surface area contributed by atoms with E-state index in [0.29, 0.717) is 28.3 Å². The number of nitrogens with two attached hydrogens (primary N) is 1. The smallest absolute Gasteiger partial charge is 0.248 e. The minimum absolute atomic E-state index is 0.302. The maximum absolute atomic E-state index is 6.31. The van der Waals surface area contributed by atoms with E-state index in [1.165, 1.54) is 11.9 Å². The van der Waals surface area contributed by atoms with Gasteiger partial charge in [0.25, 0.3) is 0 Å². The molecule has 0 spiro atoms. The summed E-state index contributed by atoms with van der Waals surface area (Å²) in [5.41, 5.74) is 8.76. The molecule has 29 heavy (non-hydrogen) atoms. The van der Waals surface area contributed by atoms with Gasteiger partial charge in [0.15, 0.2) is 10.9 Å². The minimum atomic E-state index is 0.302. The third-order valence-electron chi connectivity index (χ3n) is 4.57. The van der Waals surface area contributed by atoms with E-state index in [1.807, 2.05) is 54.6 Å². The van der Waals surface area contributed by atoms with Gasteiger partial charge in [-0.3, -0.25) is 0 Å². The molecular weight excluding hydrogens is 382 g/mol. The van der Waals surface area contributed by atoms with Crippen molar-refractivity contribution in [1.29, 1.82) is 0 Å². The zero-order valence-electron chi connectivity index (χ0n) is 15.6. The molecule has 0 unspecified atom stereocenters. The summed E-state index contributed by atoms with van der Waals surface area (Å²) in [5, 5.41) is 5.98. The van der Waals surface area contributed by atoms with Gasteiger partial charge in [0.05, 0.1) is 10.2 Å². The monoisotopic (exact) mass is 399 g/mol. The maximum Gasteiger partial charge on any atom is 0.248 e. The van der Waals surface area contributed by atoms with Crippen LogP contribution in [0, 0.1) is 6.92 Å². The molecule has 3 N–H and O–H groups in total. The van der Waals surface area contributed by atoms with Gasteiger partial charge >= 0.3 is 0 Å². The average Bonchev–Trinajstić information content (AvgIpc) is 3.12. The molecule has 0 radical (unpaired) electrons. The average molecular weight is 399 g/mol. The summed E-state index contributed by atoms with van der Waals surface area (Å²) in [7, 11) is 0. The topological polar surface area (TPSA) is 86.0 Å². The highest BCUT2D eigenvalue weighted by Gasteiger charge is 2.14. The molecule has 2 heterocycles. The summed E-state index contributed by atoms with van der Waals surface area (Å²) < 4.78 is 7.15. The summed E-state index contributed by atoms with van der Waals surface area (Å²) in [4.78, 5) is 13.1. The lowest BCUT2D eigenvalue weighted by molar-refractivity contribution is 0.470. The Morgan fingerprint density at radius 2 is 1.86 bits per heavy atom. The number of thiazole rings is 1. The number of nitrogens with zero attached hydrogens (tertiary/aromatic N) is 3. The molecule has 5 rings (SSSR count). The molecule has 0 fully saturated rings. The van der Waals surface area contributed by atoms with Gasteiger partial charge in [-0.1, -0.05) is 53.8 Å². The highest BCUT2D eigenvalue weighted by Crippen LogP contribution is 2.35. The van der Waals surface area contributed by atoms with Crippen LogP contribution in [-0.4, -0.2) is 15.0 Å². The van der Waals surface area contributed by atoms with Gasteiger partial charge < -0.3 is 15.8 Å². The number of benzene rings is 3. The Hall–Kier alpha value is -3.71. The lowest BCUT2D eigenvalue weighted by Gasteiger charge is -2.12. The maximum atomic E-state index is 6.31. The van der Waals surface area contributed by atoms with Crippen molar-refractivity contribution < 1.29 is 4.74 Å². The largest absolute Gasteiger partial charge is 0.436 e. The van der Waals surface area contributed by atoms with Crippen molar-refractivity contribution in [3.8, 4) is 11.6 Å². The standard InChI is InChI=1S/C22H17N5OS/c1-13-9-10-16-18(11-13)29-22(26-16)27-20-19(23)21(25-12-24-20)28-17-8-4-6-14-5-2-3-7-15(14)17/h2-12H,23H2,1H3,(H,24,25,26,27). The first-order valence-electron chi connectivity index (χ1n) is 9.08. The Morgan fingerprint density at radius 1 is 1.00 bits per heavy atom. The van der Waals surface area contributed by atoms with Crippen molar-refractivity contribution in [3.63, 3.8) is 0 Å². The highest BCUT2D eigenvalue weighted by atomic mass is 32.1. The Kier molecular flexibility index (Phi) is 4.22. The number of aryl methyl sites for hydroxylation is 1. The van der Waals surface area contributed by atoms with Gasteiger partial charge in [-0.05, 0) is 36.1 Å². The fourth-order valence-corrected chi connectivity index (χ4v) is 4.10. The van der Waals surface area contributed by atoms with Crippen LogP contribution in [0.25, 0.3) is 21.0 Å². The first-order chi connectivity index (χ1) is 14.2. The molecule has 0 aliphatic rings. The fourth-order valence-electron chi connectivity index (χ4n) is 3.14. The fraction of sp³-hybridized carbons (Fsp3) is 0.0455. The Balaban J connectivity index is 1.47. The van der Waals surface area contributed by atoms with Crippen LogP contribution < -0.4 is 15.8 Å². The van der Waals surface area contributed by atoms with E-state index < -0.39 is 0 Å². The molecule has 142 valence electrons. The van der Waals surface area contributed by atoms with E-state index in [-0.39, 0.29) is 0 Å². The lowest BCUT2D eigenvalue weighted by Crippen LogP contribution is -2.03. The molecule has 0 aliphatic heterocycles. The Morgan fingerprint density at radius 3 is 2.79 bits per heavy atom. The predicted molar refractivity (Wildman–Crippen MR) is 118 cm³/mol. The van der Waals surface area contributed by atoms with E-state index in [1.54, 1.807) is 11.3 Å². The molecule has 0 aliphatic carbocycles. The van der Waals surface area contributed by atoms with Gasteiger partial charge in [-0.2, -0.15) is 4.98 Å². The third kappa shape index (κ3) is 3.32.